The standard InChI is InChI=1S/C12H15N3O2S/c16-18(17)11-8-9-2-1-3-10(12(9)14-11)15-6-4-13-5-7-15/h1-3,8,13-14H,4-7H2,(H,16,17). The van der Waals surface area contributed by atoms with E-state index in [4.69, 9.17) is 4.55 Å². The Morgan fingerprint density at radius 3 is 2.78 bits per heavy atom. The van der Waals surface area contributed by atoms with Gasteiger partial charge < -0.3 is 19.8 Å². The Morgan fingerprint density at radius 1 is 1.28 bits per heavy atom. The number of hydrogen-bond donors (Lipinski definition) is 3. The van der Waals surface area contributed by atoms with Crippen LogP contribution in [0.5, 0.6) is 0 Å². The van der Waals surface area contributed by atoms with E-state index in [1.165, 1.54) is 0 Å². The molecule has 1 fully saturated rings. The van der Waals surface area contributed by atoms with E-state index in [9.17, 15) is 4.21 Å². The quantitative estimate of drug-likeness (QED) is 0.713. The minimum atomic E-state index is -1.96. The van der Waals surface area contributed by atoms with Crippen molar-refractivity contribution in [3.05, 3.63) is 24.3 Å². The monoisotopic (exact) mass is 265 g/mol. The number of piperazine rings is 1. The van der Waals surface area contributed by atoms with Crippen LogP contribution in [0.15, 0.2) is 29.3 Å². The van der Waals surface area contributed by atoms with Gasteiger partial charge in [0.25, 0.3) is 0 Å². The van der Waals surface area contributed by atoms with Crippen molar-refractivity contribution in [3.63, 3.8) is 0 Å². The summed E-state index contributed by atoms with van der Waals surface area (Å²) in [6.45, 7) is 3.84. The summed E-state index contributed by atoms with van der Waals surface area (Å²) in [7, 11) is 0. The molecule has 3 N–H and O–H groups in total. The van der Waals surface area contributed by atoms with Crippen LogP contribution in [0.1, 0.15) is 0 Å². The Hall–Kier alpha value is -1.37. The lowest BCUT2D eigenvalue weighted by molar-refractivity contribution is 0.561. The van der Waals surface area contributed by atoms with E-state index in [0.717, 1.165) is 42.8 Å². The highest BCUT2D eigenvalue weighted by molar-refractivity contribution is 7.79. The Kier molecular flexibility index (Phi) is 3.07. The SMILES string of the molecule is O=S(O)c1cc2cccc(N3CCNCC3)c2[nH]1. The van der Waals surface area contributed by atoms with Gasteiger partial charge in [0.1, 0.15) is 5.03 Å². The molecule has 0 radical (unpaired) electrons. The first-order valence-electron chi connectivity index (χ1n) is 5.94. The van der Waals surface area contributed by atoms with E-state index in [-0.39, 0.29) is 0 Å². The molecule has 0 spiro atoms. The maximum atomic E-state index is 11.1. The highest BCUT2D eigenvalue weighted by atomic mass is 32.2. The van der Waals surface area contributed by atoms with Crippen molar-refractivity contribution in [1.82, 2.24) is 10.3 Å². The summed E-state index contributed by atoms with van der Waals surface area (Å²) in [4.78, 5) is 5.34. The van der Waals surface area contributed by atoms with Gasteiger partial charge in [0, 0.05) is 31.6 Å². The van der Waals surface area contributed by atoms with Crippen LogP contribution in [-0.4, -0.2) is 39.9 Å². The third kappa shape index (κ3) is 2.03. The molecule has 0 saturated carbocycles. The normalized spacial score (nSPS) is 18.2. The van der Waals surface area contributed by atoms with Crippen molar-refractivity contribution in [3.8, 4) is 0 Å². The van der Waals surface area contributed by atoms with E-state index >= 15 is 0 Å². The number of hydrogen-bond acceptors (Lipinski definition) is 3. The number of nitrogens with one attached hydrogen (secondary N) is 2. The fourth-order valence-corrected chi connectivity index (χ4v) is 2.79. The molecular weight excluding hydrogens is 250 g/mol. The van der Waals surface area contributed by atoms with E-state index in [0.29, 0.717) is 5.03 Å². The number of fused-ring (bicyclic) bond motifs is 1. The lowest BCUT2D eigenvalue weighted by Crippen LogP contribution is -2.43. The second-order valence-electron chi connectivity index (χ2n) is 4.36. The molecular formula is C12H15N3O2S. The van der Waals surface area contributed by atoms with Crippen molar-refractivity contribution in [2.24, 2.45) is 0 Å². The van der Waals surface area contributed by atoms with Gasteiger partial charge >= 0.3 is 0 Å². The molecule has 1 aliphatic rings. The van der Waals surface area contributed by atoms with Gasteiger partial charge in [-0.3, -0.25) is 0 Å². The zero-order valence-corrected chi connectivity index (χ0v) is 10.7. The zero-order chi connectivity index (χ0) is 12.5. The molecule has 1 saturated heterocycles. The maximum absolute atomic E-state index is 11.1. The fraction of sp³-hybridized carbons (Fsp3) is 0.333. The molecule has 0 amide bonds. The number of rotatable bonds is 2. The van der Waals surface area contributed by atoms with Crippen molar-refractivity contribution >= 4 is 27.7 Å². The highest BCUT2D eigenvalue weighted by Crippen LogP contribution is 2.27. The fourth-order valence-electron chi connectivity index (χ4n) is 2.38. The summed E-state index contributed by atoms with van der Waals surface area (Å²) in [6, 6.07) is 7.72. The smallest absolute Gasteiger partial charge is 0.203 e. The number of aromatic amines is 1. The van der Waals surface area contributed by atoms with Crippen molar-refractivity contribution in [2.75, 3.05) is 31.1 Å². The molecule has 1 atom stereocenters. The van der Waals surface area contributed by atoms with Crippen molar-refractivity contribution in [1.29, 1.82) is 0 Å². The summed E-state index contributed by atoms with van der Waals surface area (Å²) in [5, 5.41) is 4.65. The van der Waals surface area contributed by atoms with Gasteiger partial charge in [0.2, 0.25) is 11.1 Å². The van der Waals surface area contributed by atoms with Gasteiger partial charge in [0.15, 0.2) is 0 Å². The summed E-state index contributed by atoms with van der Waals surface area (Å²) in [6.07, 6.45) is 0. The molecule has 1 unspecified atom stereocenters. The van der Waals surface area contributed by atoms with Gasteiger partial charge in [-0.15, -0.1) is 0 Å². The molecule has 96 valence electrons. The molecule has 18 heavy (non-hydrogen) atoms. The van der Waals surface area contributed by atoms with Crippen LogP contribution in [0.3, 0.4) is 0 Å². The molecule has 2 aromatic rings. The average molecular weight is 265 g/mol. The average Bonchev–Trinajstić information content (AvgIpc) is 2.83. The molecule has 6 heteroatoms. The Morgan fingerprint density at radius 2 is 2.06 bits per heavy atom. The summed E-state index contributed by atoms with van der Waals surface area (Å²) >= 11 is -1.96. The van der Waals surface area contributed by atoms with E-state index < -0.39 is 11.1 Å². The van der Waals surface area contributed by atoms with Gasteiger partial charge in [-0.05, 0) is 12.1 Å². The number of benzene rings is 1. The first-order valence-corrected chi connectivity index (χ1v) is 7.04. The van der Waals surface area contributed by atoms with E-state index in [2.05, 4.69) is 15.2 Å². The first-order chi connectivity index (χ1) is 8.75. The zero-order valence-electron chi connectivity index (χ0n) is 9.85. The predicted molar refractivity (Wildman–Crippen MR) is 72.4 cm³/mol. The molecule has 0 aliphatic carbocycles. The van der Waals surface area contributed by atoms with Crippen LogP contribution < -0.4 is 10.2 Å². The maximum Gasteiger partial charge on any atom is 0.203 e. The number of aromatic nitrogens is 1. The van der Waals surface area contributed by atoms with Crippen LogP contribution in [0.25, 0.3) is 10.9 Å². The third-order valence-corrected chi connectivity index (χ3v) is 3.85. The second-order valence-corrected chi connectivity index (χ2v) is 5.30. The Bertz CT molecular complexity index is 590. The minimum Gasteiger partial charge on any atom is -0.367 e. The van der Waals surface area contributed by atoms with Crippen LogP contribution in [-0.2, 0) is 11.1 Å². The predicted octanol–water partition coefficient (Wildman–Crippen LogP) is 1.16. The molecule has 1 aromatic carbocycles. The number of nitrogens with zero attached hydrogens (tertiary/aromatic N) is 1. The minimum absolute atomic E-state index is 0.354. The van der Waals surface area contributed by atoms with Crippen LogP contribution in [0.4, 0.5) is 5.69 Å². The van der Waals surface area contributed by atoms with Crippen molar-refractivity contribution < 1.29 is 8.76 Å². The number of para-hydroxylation sites is 1. The number of anilines is 1. The van der Waals surface area contributed by atoms with Crippen molar-refractivity contribution in [2.45, 2.75) is 5.03 Å². The van der Waals surface area contributed by atoms with Gasteiger partial charge in [-0.2, -0.15) is 0 Å². The van der Waals surface area contributed by atoms with Gasteiger partial charge in [-0.1, -0.05) is 12.1 Å². The highest BCUT2D eigenvalue weighted by Gasteiger charge is 2.15. The lowest BCUT2D eigenvalue weighted by Gasteiger charge is -2.29. The van der Waals surface area contributed by atoms with Crippen LogP contribution in [0, 0.1) is 0 Å². The Balaban J connectivity index is 2.07. The summed E-state index contributed by atoms with van der Waals surface area (Å²) in [5.41, 5.74) is 2.04. The number of H-pyrrole nitrogens is 1. The third-order valence-electron chi connectivity index (χ3n) is 3.26. The van der Waals surface area contributed by atoms with E-state index in [1.54, 1.807) is 6.07 Å². The largest absolute Gasteiger partial charge is 0.367 e. The van der Waals surface area contributed by atoms with E-state index in [1.807, 2.05) is 18.2 Å². The summed E-state index contributed by atoms with van der Waals surface area (Å²) < 4.78 is 20.3. The topological polar surface area (TPSA) is 68.4 Å². The second kappa shape index (κ2) is 4.72. The van der Waals surface area contributed by atoms with Gasteiger partial charge in [-0.25, -0.2) is 4.21 Å². The molecule has 3 rings (SSSR count). The van der Waals surface area contributed by atoms with Crippen LogP contribution >= 0.6 is 0 Å². The summed E-state index contributed by atoms with van der Waals surface area (Å²) in [5.74, 6) is 0. The first kappa shape index (κ1) is 11.7. The molecule has 5 nitrogen and oxygen atoms in total. The molecule has 2 heterocycles. The molecule has 1 aliphatic heterocycles. The van der Waals surface area contributed by atoms with Crippen LogP contribution in [0.2, 0.25) is 0 Å². The molecule has 1 aromatic heterocycles. The van der Waals surface area contributed by atoms with Gasteiger partial charge in [0.05, 0.1) is 11.2 Å². The Labute approximate surface area is 107 Å². The lowest BCUT2D eigenvalue weighted by atomic mass is 10.2. The molecule has 0 bridgehead atoms.